The average Bonchev–Trinajstić information content (AvgIpc) is 2.58. The summed E-state index contributed by atoms with van der Waals surface area (Å²) >= 11 is 3.47. The van der Waals surface area contributed by atoms with Crippen LogP contribution >= 0.6 is 15.9 Å². The second-order valence-electron chi connectivity index (χ2n) is 5.44. The first-order valence-electron chi connectivity index (χ1n) is 7.79. The molecule has 0 fully saturated rings. The van der Waals surface area contributed by atoms with Crippen molar-refractivity contribution in [3.63, 3.8) is 0 Å². The van der Waals surface area contributed by atoms with Gasteiger partial charge in [0.15, 0.2) is 11.5 Å². The highest BCUT2D eigenvalue weighted by molar-refractivity contribution is 9.10. The van der Waals surface area contributed by atoms with Crippen LogP contribution in [0.2, 0.25) is 0 Å². The summed E-state index contributed by atoms with van der Waals surface area (Å²) in [6.07, 6.45) is 0.857. The molecule has 0 aliphatic carbocycles. The Morgan fingerprint density at radius 1 is 1.32 bits per heavy atom. The first kappa shape index (κ1) is 19.1. The van der Waals surface area contributed by atoms with E-state index in [1.54, 1.807) is 19.1 Å². The van der Waals surface area contributed by atoms with E-state index >= 15 is 0 Å². The highest BCUT2D eigenvalue weighted by atomic mass is 79.9. The molecule has 1 aromatic carbocycles. The number of urea groups is 1. The molecule has 0 saturated carbocycles. The lowest BCUT2D eigenvalue weighted by Gasteiger charge is -2.28. The van der Waals surface area contributed by atoms with E-state index in [4.69, 9.17) is 14.2 Å². The number of nitrogens with one attached hydrogen (secondary N) is 2. The van der Waals surface area contributed by atoms with Gasteiger partial charge in [-0.05, 0) is 47.0 Å². The monoisotopic (exact) mass is 412 g/mol. The molecule has 1 unspecified atom stereocenters. The molecule has 7 nitrogen and oxygen atoms in total. The van der Waals surface area contributed by atoms with E-state index in [0.717, 1.165) is 6.42 Å². The van der Waals surface area contributed by atoms with Gasteiger partial charge in [0.1, 0.15) is 0 Å². The number of carbonyl (C=O) groups excluding carboxylic acids is 2. The van der Waals surface area contributed by atoms with Crippen LogP contribution < -0.4 is 20.1 Å². The van der Waals surface area contributed by atoms with Gasteiger partial charge in [-0.3, -0.25) is 0 Å². The second kappa shape index (κ2) is 8.24. The highest BCUT2D eigenvalue weighted by Gasteiger charge is 2.32. The fraction of sp³-hybridized carbons (Fsp3) is 0.412. The summed E-state index contributed by atoms with van der Waals surface area (Å²) in [5.41, 5.74) is 1.45. The van der Waals surface area contributed by atoms with Crippen molar-refractivity contribution < 1.29 is 23.8 Å². The lowest BCUT2D eigenvalue weighted by atomic mass is 9.95. The number of hydrogen-bond donors (Lipinski definition) is 2. The lowest BCUT2D eigenvalue weighted by molar-refractivity contribution is -0.136. The van der Waals surface area contributed by atoms with Crippen molar-refractivity contribution in [2.75, 3.05) is 20.8 Å². The van der Waals surface area contributed by atoms with Gasteiger partial charge in [0, 0.05) is 5.70 Å². The molecule has 1 atom stereocenters. The zero-order valence-corrected chi connectivity index (χ0v) is 16.2. The van der Waals surface area contributed by atoms with Gasteiger partial charge >= 0.3 is 12.0 Å². The van der Waals surface area contributed by atoms with Crippen molar-refractivity contribution in [2.45, 2.75) is 26.3 Å². The van der Waals surface area contributed by atoms with Crippen LogP contribution in [0.3, 0.4) is 0 Å². The Morgan fingerprint density at radius 2 is 2.04 bits per heavy atom. The number of halogens is 1. The molecule has 1 aromatic rings. The summed E-state index contributed by atoms with van der Waals surface area (Å²) in [4.78, 5) is 24.1. The molecule has 2 rings (SSSR count). The molecule has 25 heavy (non-hydrogen) atoms. The average molecular weight is 413 g/mol. The van der Waals surface area contributed by atoms with Gasteiger partial charge in [-0.15, -0.1) is 0 Å². The molecule has 0 aromatic heterocycles. The van der Waals surface area contributed by atoms with Gasteiger partial charge in [0.25, 0.3) is 0 Å². The summed E-state index contributed by atoms with van der Waals surface area (Å²) < 4.78 is 16.7. The Kier molecular flexibility index (Phi) is 6.30. The summed E-state index contributed by atoms with van der Waals surface area (Å²) in [5, 5.41) is 5.33. The number of carbonyl (C=O) groups is 2. The van der Waals surface area contributed by atoms with Crippen LogP contribution in [0.5, 0.6) is 11.5 Å². The fourth-order valence-electron chi connectivity index (χ4n) is 2.58. The largest absolute Gasteiger partial charge is 0.493 e. The van der Waals surface area contributed by atoms with Gasteiger partial charge in [-0.2, -0.15) is 0 Å². The minimum Gasteiger partial charge on any atom is -0.493 e. The number of benzene rings is 1. The number of allylic oxidation sites excluding steroid dienone is 1. The van der Waals surface area contributed by atoms with Gasteiger partial charge in [0.2, 0.25) is 0 Å². The van der Waals surface area contributed by atoms with Crippen LogP contribution in [-0.4, -0.2) is 32.8 Å². The molecule has 0 radical (unpaired) electrons. The van der Waals surface area contributed by atoms with E-state index in [1.807, 2.05) is 6.92 Å². The highest BCUT2D eigenvalue weighted by Crippen LogP contribution is 2.40. The van der Waals surface area contributed by atoms with Crippen LogP contribution in [0.15, 0.2) is 27.9 Å². The molecular weight excluding hydrogens is 392 g/mol. The molecule has 1 aliphatic heterocycles. The molecular formula is C17H21BrN2O5. The van der Waals surface area contributed by atoms with Crippen molar-refractivity contribution in [1.82, 2.24) is 10.6 Å². The van der Waals surface area contributed by atoms with Crippen molar-refractivity contribution in [3.05, 3.63) is 33.4 Å². The summed E-state index contributed by atoms with van der Waals surface area (Å²) in [6.45, 7) is 4.21. The molecule has 8 heteroatoms. The summed E-state index contributed by atoms with van der Waals surface area (Å²) in [6, 6.07) is 2.48. The molecule has 2 amide bonds. The smallest absolute Gasteiger partial charge is 0.337 e. The number of esters is 1. The minimum atomic E-state index is -0.661. The van der Waals surface area contributed by atoms with E-state index in [9.17, 15) is 9.59 Å². The molecule has 1 aliphatic rings. The predicted octanol–water partition coefficient (Wildman–Crippen LogP) is 3.05. The second-order valence-corrected chi connectivity index (χ2v) is 6.30. The third kappa shape index (κ3) is 4.07. The number of methoxy groups -OCH3 is 2. The topological polar surface area (TPSA) is 85.9 Å². The number of rotatable bonds is 6. The van der Waals surface area contributed by atoms with E-state index in [0.29, 0.717) is 39.4 Å². The number of hydrogen-bond acceptors (Lipinski definition) is 5. The maximum absolute atomic E-state index is 12.2. The third-order valence-electron chi connectivity index (χ3n) is 3.71. The Bertz CT molecular complexity index is 717. The molecule has 0 saturated heterocycles. The van der Waals surface area contributed by atoms with Crippen LogP contribution in [0.1, 0.15) is 31.9 Å². The maximum atomic E-state index is 12.2. The minimum absolute atomic E-state index is 0.332. The normalized spacial score (nSPS) is 16.8. The van der Waals surface area contributed by atoms with Crippen molar-refractivity contribution in [1.29, 1.82) is 0 Å². The van der Waals surface area contributed by atoms with E-state index < -0.39 is 18.0 Å². The molecule has 0 bridgehead atoms. The zero-order valence-electron chi connectivity index (χ0n) is 14.6. The summed E-state index contributed by atoms with van der Waals surface area (Å²) in [7, 11) is 2.84. The van der Waals surface area contributed by atoms with E-state index in [1.165, 1.54) is 14.2 Å². The van der Waals surface area contributed by atoms with Crippen LogP contribution in [0, 0.1) is 0 Å². The van der Waals surface area contributed by atoms with Crippen LogP contribution in [0.4, 0.5) is 4.79 Å². The van der Waals surface area contributed by atoms with E-state index in [2.05, 4.69) is 26.6 Å². The molecule has 0 spiro atoms. The van der Waals surface area contributed by atoms with Crippen molar-refractivity contribution in [3.8, 4) is 11.5 Å². The lowest BCUT2D eigenvalue weighted by Crippen LogP contribution is -2.45. The quantitative estimate of drug-likeness (QED) is 0.701. The Hall–Kier alpha value is -2.22. The van der Waals surface area contributed by atoms with Gasteiger partial charge in [0.05, 0.1) is 36.9 Å². The first-order chi connectivity index (χ1) is 11.9. The number of amides is 2. The SMILES string of the molecule is CCCOc1c(Br)cc(C2NC(=O)NC(C)=C2C(=O)OC)cc1OC. The Labute approximate surface area is 154 Å². The Balaban J connectivity index is 2.51. The molecule has 136 valence electrons. The molecule has 2 N–H and O–H groups in total. The zero-order chi connectivity index (χ0) is 18.6. The van der Waals surface area contributed by atoms with Gasteiger partial charge in [-0.25, -0.2) is 9.59 Å². The van der Waals surface area contributed by atoms with Gasteiger partial charge in [-0.1, -0.05) is 6.92 Å². The Morgan fingerprint density at radius 3 is 2.64 bits per heavy atom. The standard InChI is InChI=1S/C17H21BrN2O5/c1-5-6-25-15-11(18)7-10(8-12(15)23-3)14-13(16(21)24-4)9(2)19-17(22)20-14/h7-8,14H,5-6H2,1-4H3,(H2,19,20,22). The first-order valence-corrected chi connectivity index (χ1v) is 8.59. The van der Waals surface area contributed by atoms with Gasteiger partial charge < -0.3 is 24.8 Å². The van der Waals surface area contributed by atoms with E-state index in [-0.39, 0.29) is 0 Å². The van der Waals surface area contributed by atoms with Crippen LogP contribution in [-0.2, 0) is 9.53 Å². The van der Waals surface area contributed by atoms with Crippen molar-refractivity contribution in [2.24, 2.45) is 0 Å². The number of ether oxygens (including phenoxy) is 3. The molecule has 1 heterocycles. The maximum Gasteiger partial charge on any atom is 0.337 e. The van der Waals surface area contributed by atoms with Crippen LogP contribution in [0.25, 0.3) is 0 Å². The fourth-order valence-corrected chi connectivity index (χ4v) is 3.15. The summed E-state index contributed by atoms with van der Waals surface area (Å²) in [5.74, 6) is 0.567. The predicted molar refractivity (Wildman–Crippen MR) is 95.6 cm³/mol. The third-order valence-corrected chi connectivity index (χ3v) is 4.30. The van der Waals surface area contributed by atoms with Crippen molar-refractivity contribution >= 4 is 27.9 Å².